The fourth-order valence-electron chi connectivity index (χ4n) is 3.09. The molecule has 1 heterocycles. The molecular formula is C20H35NO2. The molecule has 2 amide bonds. The minimum absolute atomic E-state index is 0.138. The number of hydrogen-bond donors (Lipinski definition) is 1. The summed E-state index contributed by atoms with van der Waals surface area (Å²) in [5.41, 5.74) is 0. The third-order valence-electron chi connectivity index (χ3n) is 4.60. The predicted molar refractivity (Wildman–Crippen MR) is 96.1 cm³/mol. The third kappa shape index (κ3) is 10.3. The van der Waals surface area contributed by atoms with Gasteiger partial charge in [-0.2, -0.15) is 0 Å². The summed E-state index contributed by atoms with van der Waals surface area (Å²) in [7, 11) is 0. The Labute approximate surface area is 142 Å². The minimum Gasteiger partial charge on any atom is -0.296 e. The number of hydrogen-bond acceptors (Lipinski definition) is 2. The SMILES string of the molecule is CCCCCCCCCCCCCC/C=C/C1CC(=O)NC1=O. The lowest BCUT2D eigenvalue weighted by molar-refractivity contribution is -0.125. The van der Waals surface area contributed by atoms with Gasteiger partial charge < -0.3 is 0 Å². The molecule has 0 bridgehead atoms. The average molecular weight is 322 g/mol. The summed E-state index contributed by atoms with van der Waals surface area (Å²) >= 11 is 0. The van der Waals surface area contributed by atoms with Gasteiger partial charge in [0.1, 0.15) is 0 Å². The highest BCUT2D eigenvalue weighted by Gasteiger charge is 2.27. The van der Waals surface area contributed by atoms with Crippen molar-refractivity contribution in [2.45, 2.75) is 96.8 Å². The van der Waals surface area contributed by atoms with Crippen LogP contribution in [0.2, 0.25) is 0 Å². The van der Waals surface area contributed by atoms with Crippen LogP contribution in [0.25, 0.3) is 0 Å². The first-order valence-corrected chi connectivity index (χ1v) is 9.74. The standard InChI is InChI=1S/C20H35NO2/c1-2-3-4-5-6-7-8-9-10-11-12-13-14-15-16-18-17-19(22)21-20(18)23/h15-16,18H,2-14,17H2,1H3,(H,21,22,23)/b16-15+. The van der Waals surface area contributed by atoms with Gasteiger partial charge in [-0.3, -0.25) is 14.9 Å². The zero-order valence-corrected chi connectivity index (χ0v) is 14.9. The van der Waals surface area contributed by atoms with E-state index in [0.717, 1.165) is 6.42 Å². The zero-order chi connectivity index (χ0) is 16.8. The molecule has 1 unspecified atom stereocenters. The van der Waals surface area contributed by atoms with Gasteiger partial charge in [-0.05, 0) is 12.8 Å². The Bertz CT molecular complexity index is 363. The lowest BCUT2D eigenvalue weighted by atomic mass is 10.0. The maximum Gasteiger partial charge on any atom is 0.233 e. The van der Waals surface area contributed by atoms with Gasteiger partial charge in [0.2, 0.25) is 11.8 Å². The van der Waals surface area contributed by atoms with Crippen molar-refractivity contribution in [2.75, 3.05) is 0 Å². The zero-order valence-electron chi connectivity index (χ0n) is 14.9. The molecule has 3 heteroatoms. The Morgan fingerprint density at radius 2 is 1.39 bits per heavy atom. The molecule has 0 aromatic carbocycles. The van der Waals surface area contributed by atoms with E-state index in [9.17, 15) is 9.59 Å². The second kappa shape index (κ2) is 13.3. The second-order valence-electron chi connectivity index (χ2n) is 6.83. The van der Waals surface area contributed by atoms with E-state index in [1.807, 2.05) is 6.08 Å². The van der Waals surface area contributed by atoms with Gasteiger partial charge in [-0.25, -0.2) is 0 Å². The number of imide groups is 1. The van der Waals surface area contributed by atoms with Crippen molar-refractivity contribution >= 4 is 11.8 Å². The number of carbonyl (C=O) groups is 2. The molecule has 132 valence electrons. The normalized spacial score (nSPS) is 18.0. The average Bonchev–Trinajstić information content (AvgIpc) is 2.85. The number of rotatable bonds is 14. The number of unbranched alkanes of at least 4 members (excludes halogenated alkanes) is 12. The Hall–Kier alpha value is -1.12. The molecule has 1 rings (SSSR count). The first-order chi connectivity index (χ1) is 11.2. The van der Waals surface area contributed by atoms with E-state index in [0.29, 0.717) is 6.42 Å². The van der Waals surface area contributed by atoms with E-state index in [2.05, 4.69) is 18.3 Å². The van der Waals surface area contributed by atoms with Crippen molar-refractivity contribution in [3.8, 4) is 0 Å². The van der Waals surface area contributed by atoms with Crippen LogP contribution < -0.4 is 5.32 Å². The van der Waals surface area contributed by atoms with Gasteiger partial charge in [-0.15, -0.1) is 0 Å². The number of allylic oxidation sites excluding steroid dienone is 1. The van der Waals surface area contributed by atoms with Gasteiger partial charge >= 0.3 is 0 Å². The van der Waals surface area contributed by atoms with E-state index in [1.165, 1.54) is 77.0 Å². The van der Waals surface area contributed by atoms with Crippen LogP contribution in [0, 0.1) is 5.92 Å². The van der Waals surface area contributed by atoms with E-state index in [1.54, 1.807) is 0 Å². The molecule has 1 aliphatic rings. The van der Waals surface area contributed by atoms with Crippen LogP contribution in [-0.4, -0.2) is 11.8 Å². The van der Waals surface area contributed by atoms with Crippen molar-refractivity contribution in [1.29, 1.82) is 0 Å². The predicted octanol–water partition coefficient (Wildman–Crippen LogP) is 5.30. The summed E-state index contributed by atoms with van der Waals surface area (Å²) in [6.45, 7) is 2.27. The van der Waals surface area contributed by atoms with E-state index in [-0.39, 0.29) is 17.7 Å². The molecule has 3 nitrogen and oxygen atoms in total. The number of nitrogens with one attached hydrogen (secondary N) is 1. The summed E-state index contributed by atoms with van der Waals surface area (Å²) in [5.74, 6) is -0.504. The molecule has 1 N–H and O–H groups in total. The maximum atomic E-state index is 11.4. The minimum atomic E-state index is -0.222. The number of carbonyl (C=O) groups excluding carboxylic acids is 2. The van der Waals surface area contributed by atoms with Crippen molar-refractivity contribution in [3.05, 3.63) is 12.2 Å². The van der Waals surface area contributed by atoms with Gasteiger partial charge in [0.15, 0.2) is 0 Å². The third-order valence-corrected chi connectivity index (χ3v) is 4.60. The number of amides is 2. The molecule has 1 saturated heterocycles. The van der Waals surface area contributed by atoms with Gasteiger partial charge in [-0.1, -0.05) is 89.7 Å². The lowest BCUT2D eigenvalue weighted by Gasteiger charge is -2.02. The van der Waals surface area contributed by atoms with Gasteiger partial charge in [0.25, 0.3) is 0 Å². The molecule has 0 aromatic heterocycles. The van der Waals surface area contributed by atoms with Gasteiger partial charge in [0.05, 0.1) is 5.92 Å². The second-order valence-corrected chi connectivity index (χ2v) is 6.83. The molecule has 0 aromatic rings. The first-order valence-electron chi connectivity index (χ1n) is 9.74. The van der Waals surface area contributed by atoms with Crippen LogP contribution in [0.3, 0.4) is 0 Å². The summed E-state index contributed by atoms with van der Waals surface area (Å²) in [5, 5.41) is 2.34. The fourth-order valence-corrected chi connectivity index (χ4v) is 3.09. The van der Waals surface area contributed by atoms with Crippen LogP contribution in [0.15, 0.2) is 12.2 Å². The largest absolute Gasteiger partial charge is 0.296 e. The highest BCUT2D eigenvalue weighted by atomic mass is 16.2. The maximum absolute atomic E-state index is 11.4. The summed E-state index contributed by atoms with van der Waals surface area (Å²) in [6, 6.07) is 0. The molecular weight excluding hydrogens is 286 g/mol. The molecule has 0 radical (unpaired) electrons. The Balaban J connectivity index is 1.81. The highest BCUT2D eigenvalue weighted by molar-refractivity contribution is 6.04. The quantitative estimate of drug-likeness (QED) is 0.268. The van der Waals surface area contributed by atoms with Crippen molar-refractivity contribution in [1.82, 2.24) is 5.32 Å². The van der Waals surface area contributed by atoms with Crippen LogP contribution in [-0.2, 0) is 9.59 Å². The van der Waals surface area contributed by atoms with Crippen molar-refractivity contribution in [2.24, 2.45) is 5.92 Å². The molecule has 0 aliphatic carbocycles. The first kappa shape index (κ1) is 19.9. The molecule has 0 saturated carbocycles. The van der Waals surface area contributed by atoms with E-state index in [4.69, 9.17) is 0 Å². The van der Waals surface area contributed by atoms with E-state index >= 15 is 0 Å². The van der Waals surface area contributed by atoms with Gasteiger partial charge in [0, 0.05) is 6.42 Å². The highest BCUT2D eigenvalue weighted by Crippen LogP contribution is 2.14. The Kier molecular flexibility index (Phi) is 11.5. The van der Waals surface area contributed by atoms with Crippen molar-refractivity contribution in [3.63, 3.8) is 0 Å². The van der Waals surface area contributed by atoms with Crippen molar-refractivity contribution < 1.29 is 9.59 Å². The van der Waals surface area contributed by atoms with Crippen LogP contribution >= 0.6 is 0 Å². The topological polar surface area (TPSA) is 46.2 Å². The lowest BCUT2D eigenvalue weighted by Crippen LogP contribution is -2.21. The summed E-state index contributed by atoms with van der Waals surface area (Å²) < 4.78 is 0. The molecule has 1 fully saturated rings. The smallest absolute Gasteiger partial charge is 0.233 e. The van der Waals surface area contributed by atoms with Crippen LogP contribution in [0.5, 0.6) is 0 Å². The van der Waals surface area contributed by atoms with Crippen LogP contribution in [0.4, 0.5) is 0 Å². The summed E-state index contributed by atoms with van der Waals surface area (Å²) in [4.78, 5) is 22.4. The fraction of sp³-hybridized carbons (Fsp3) is 0.800. The monoisotopic (exact) mass is 321 g/mol. The Morgan fingerprint density at radius 3 is 1.87 bits per heavy atom. The Morgan fingerprint density at radius 1 is 0.870 bits per heavy atom. The molecule has 0 spiro atoms. The van der Waals surface area contributed by atoms with Crippen LogP contribution in [0.1, 0.15) is 96.8 Å². The molecule has 1 aliphatic heterocycles. The summed E-state index contributed by atoms with van der Waals surface area (Å²) in [6.07, 6.45) is 21.7. The molecule has 1 atom stereocenters. The van der Waals surface area contributed by atoms with E-state index < -0.39 is 0 Å². The molecule has 23 heavy (non-hydrogen) atoms.